The number of carbonyl (C=O) groups excluding carboxylic acids is 1. The van der Waals surface area contributed by atoms with Gasteiger partial charge in [-0.2, -0.15) is 0 Å². The molecule has 1 atom stereocenters. The molecule has 1 amide bonds. The van der Waals surface area contributed by atoms with Crippen LogP contribution < -0.4 is 10.7 Å². The molecule has 0 radical (unpaired) electrons. The molecule has 3 aliphatic rings. The van der Waals surface area contributed by atoms with E-state index < -0.39 is 11.7 Å². The lowest BCUT2D eigenvalue weighted by Crippen LogP contribution is -2.50. The van der Waals surface area contributed by atoms with Gasteiger partial charge in [0, 0.05) is 52.4 Å². The molecular formula is C21H34N6O6. The van der Waals surface area contributed by atoms with E-state index in [9.17, 15) is 14.4 Å². The predicted octanol–water partition coefficient (Wildman–Crippen LogP) is 0.273. The maximum atomic E-state index is 12.2. The number of rotatable bonds is 10. The predicted molar refractivity (Wildman–Crippen MR) is 118 cm³/mol. The lowest BCUT2D eigenvalue weighted by atomic mass is 9.91. The van der Waals surface area contributed by atoms with Crippen LogP contribution in [0.2, 0.25) is 0 Å². The van der Waals surface area contributed by atoms with Crippen LogP contribution in [0.25, 0.3) is 0 Å². The third-order valence-electron chi connectivity index (χ3n) is 6.87. The number of cyclic esters (lactones) is 1. The molecule has 1 aromatic heterocycles. The topological polar surface area (TPSA) is 135 Å². The third-order valence-corrected chi connectivity index (χ3v) is 6.87. The van der Waals surface area contributed by atoms with Gasteiger partial charge in [0.1, 0.15) is 6.10 Å². The number of carboxylic acid groups (broad SMARTS) is 1. The molecule has 1 unspecified atom stereocenters. The summed E-state index contributed by atoms with van der Waals surface area (Å²) >= 11 is 0. The van der Waals surface area contributed by atoms with E-state index in [0.29, 0.717) is 25.0 Å². The van der Waals surface area contributed by atoms with Crippen molar-refractivity contribution in [1.29, 1.82) is 0 Å². The number of carbonyl (C=O) groups is 2. The number of aromatic nitrogens is 2. The number of H-pyrrole nitrogens is 1. The molecule has 12 nitrogen and oxygen atoms in total. The summed E-state index contributed by atoms with van der Waals surface area (Å²) in [6, 6.07) is 0. The normalized spacial score (nSPS) is 23.3. The number of aromatic amines is 1. The Morgan fingerprint density at radius 2 is 1.79 bits per heavy atom. The van der Waals surface area contributed by atoms with E-state index in [1.807, 2.05) is 14.7 Å². The first-order valence-electron chi connectivity index (χ1n) is 11.9. The number of hydrogen-bond donors (Lipinski definition) is 2. The maximum absolute atomic E-state index is 12.2. The second-order valence-electron chi connectivity index (χ2n) is 9.27. The van der Waals surface area contributed by atoms with Crippen molar-refractivity contribution in [1.82, 2.24) is 24.8 Å². The number of anilines is 1. The summed E-state index contributed by atoms with van der Waals surface area (Å²) in [6.45, 7) is 6.91. The fraction of sp³-hybridized carbons (Fsp3) is 0.810. The van der Waals surface area contributed by atoms with Crippen LogP contribution in [0.5, 0.6) is 0 Å². The van der Waals surface area contributed by atoms with E-state index in [1.165, 1.54) is 0 Å². The number of unbranched alkanes of at least 4 members (excludes halogenated alkanes) is 1. The summed E-state index contributed by atoms with van der Waals surface area (Å²) in [5.74, 6) is -0.146. The zero-order valence-electron chi connectivity index (χ0n) is 19.0. The van der Waals surface area contributed by atoms with Gasteiger partial charge in [0.15, 0.2) is 0 Å². The number of aliphatic carboxylic acids is 1. The van der Waals surface area contributed by atoms with Crippen LogP contribution >= 0.6 is 0 Å². The molecule has 0 saturated carbocycles. The van der Waals surface area contributed by atoms with Crippen LogP contribution in [-0.4, -0.2) is 114 Å². The molecule has 2 N–H and O–H groups in total. The van der Waals surface area contributed by atoms with Gasteiger partial charge >= 0.3 is 17.8 Å². The molecule has 0 aliphatic carbocycles. The van der Waals surface area contributed by atoms with Crippen molar-refractivity contribution in [3.05, 3.63) is 10.6 Å². The Bertz CT molecular complexity index is 842. The fourth-order valence-corrected chi connectivity index (χ4v) is 4.99. The molecule has 0 aromatic carbocycles. The van der Waals surface area contributed by atoms with Crippen molar-refractivity contribution in [3.8, 4) is 0 Å². The Labute approximate surface area is 192 Å². The van der Waals surface area contributed by atoms with Crippen molar-refractivity contribution in [2.45, 2.75) is 38.2 Å². The van der Waals surface area contributed by atoms with Gasteiger partial charge in [-0.3, -0.25) is 24.1 Å². The van der Waals surface area contributed by atoms with Crippen LogP contribution in [0.4, 0.5) is 10.7 Å². The molecule has 3 fully saturated rings. The van der Waals surface area contributed by atoms with Gasteiger partial charge in [-0.15, -0.1) is 0 Å². The Morgan fingerprint density at radius 3 is 2.45 bits per heavy atom. The summed E-state index contributed by atoms with van der Waals surface area (Å²) in [4.78, 5) is 44.8. The van der Waals surface area contributed by atoms with Crippen molar-refractivity contribution in [2.24, 2.45) is 5.92 Å². The third kappa shape index (κ3) is 6.70. The highest BCUT2D eigenvalue weighted by molar-refractivity contribution is 5.70. The number of nitrogens with one attached hydrogen (secondary N) is 1. The summed E-state index contributed by atoms with van der Waals surface area (Å²) in [5.41, 5.74) is 0. The Hall–Kier alpha value is -2.60. The minimum Gasteiger partial charge on any atom is -0.480 e. The second-order valence-corrected chi connectivity index (χ2v) is 9.27. The molecule has 33 heavy (non-hydrogen) atoms. The van der Waals surface area contributed by atoms with Crippen LogP contribution in [0, 0.1) is 5.92 Å². The van der Waals surface area contributed by atoms with Crippen LogP contribution in [0.15, 0.2) is 9.32 Å². The first-order chi connectivity index (χ1) is 16.0. The molecular weight excluding hydrogens is 432 g/mol. The maximum Gasteiger partial charge on any atom is 0.440 e. The van der Waals surface area contributed by atoms with E-state index >= 15 is 0 Å². The van der Waals surface area contributed by atoms with E-state index in [0.717, 1.165) is 77.9 Å². The van der Waals surface area contributed by atoms with Gasteiger partial charge in [0.25, 0.3) is 0 Å². The van der Waals surface area contributed by atoms with Gasteiger partial charge in [-0.1, -0.05) is 12.8 Å². The van der Waals surface area contributed by atoms with Crippen LogP contribution in [0.1, 0.15) is 32.1 Å². The highest BCUT2D eigenvalue weighted by Gasteiger charge is 2.33. The molecule has 0 bridgehead atoms. The van der Waals surface area contributed by atoms with E-state index in [4.69, 9.17) is 9.84 Å². The second kappa shape index (κ2) is 11.0. The molecule has 1 aromatic rings. The standard InChI is InChI=1S/C21H34N6O6/c28-18(29)15-25-11-9-24(10-12-25)13-17-14-27(21(31)32-17)6-2-1-3-16-4-7-26(8-5-16)19-22-20(30)33-23-19/h16-17H,1-15H2,(H,28,29)(H,22,23,30). The monoisotopic (exact) mass is 466 g/mol. The largest absolute Gasteiger partial charge is 0.480 e. The summed E-state index contributed by atoms with van der Waals surface area (Å²) in [5, 5.41) is 12.7. The number of amides is 1. The van der Waals surface area contributed by atoms with Crippen molar-refractivity contribution >= 4 is 18.0 Å². The van der Waals surface area contributed by atoms with Gasteiger partial charge < -0.3 is 19.6 Å². The molecule has 4 heterocycles. The van der Waals surface area contributed by atoms with Crippen LogP contribution in [0.3, 0.4) is 0 Å². The minimum absolute atomic E-state index is 0.0849. The molecule has 3 aliphatic heterocycles. The lowest BCUT2D eigenvalue weighted by Gasteiger charge is -2.34. The van der Waals surface area contributed by atoms with Gasteiger partial charge in [-0.25, -0.2) is 9.59 Å². The number of piperazine rings is 1. The average Bonchev–Trinajstić information content (AvgIpc) is 3.38. The van der Waals surface area contributed by atoms with Crippen molar-refractivity contribution in [3.63, 3.8) is 0 Å². The zero-order valence-corrected chi connectivity index (χ0v) is 19.0. The summed E-state index contributed by atoms with van der Waals surface area (Å²) in [7, 11) is 0. The number of carboxylic acids is 1. The highest BCUT2D eigenvalue weighted by atomic mass is 16.6. The molecule has 12 heteroatoms. The first-order valence-corrected chi connectivity index (χ1v) is 11.9. The summed E-state index contributed by atoms with van der Waals surface area (Å²) in [6.07, 6.45) is 4.95. The van der Waals surface area contributed by atoms with E-state index in [1.54, 1.807) is 0 Å². The Kier molecular flexibility index (Phi) is 7.86. The summed E-state index contributed by atoms with van der Waals surface area (Å²) < 4.78 is 10.1. The number of ether oxygens (including phenoxy) is 1. The zero-order chi connectivity index (χ0) is 23.2. The minimum atomic E-state index is -0.793. The number of piperidine rings is 1. The van der Waals surface area contributed by atoms with Gasteiger partial charge in [0.05, 0.1) is 13.1 Å². The number of hydrogen-bond acceptors (Lipinski definition) is 9. The Balaban J connectivity index is 1.08. The van der Waals surface area contributed by atoms with Crippen molar-refractivity contribution in [2.75, 3.05) is 70.3 Å². The molecule has 184 valence electrons. The van der Waals surface area contributed by atoms with E-state index in [2.05, 4.69) is 19.6 Å². The molecule has 0 spiro atoms. The first kappa shape index (κ1) is 23.6. The molecule has 3 saturated heterocycles. The van der Waals surface area contributed by atoms with E-state index in [-0.39, 0.29) is 18.7 Å². The number of nitrogens with zero attached hydrogens (tertiary/aromatic N) is 5. The fourth-order valence-electron chi connectivity index (χ4n) is 4.99. The smallest absolute Gasteiger partial charge is 0.440 e. The highest BCUT2D eigenvalue weighted by Crippen LogP contribution is 2.24. The average molecular weight is 467 g/mol. The van der Waals surface area contributed by atoms with Crippen molar-refractivity contribution < 1.29 is 24.0 Å². The van der Waals surface area contributed by atoms with Gasteiger partial charge in [0.2, 0.25) is 5.95 Å². The lowest BCUT2D eigenvalue weighted by molar-refractivity contribution is -0.138. The molecule has 4 rings (SSSR count). The SMILES string of the molecule is O=C(O)CN1CCN(CC2CN(CCCCC3CCN(c4noc(=O)[nH]4)CC3)C(=O)O2)CC1. The van der Waals surface area contributed by atoms with Crippen LogP contribution in [-0.2, 0) is 9.53 Å². The van der Waals surface area contributed by atoms with Gasteiger partial charge in [-0.05, 0) is 30.3 Å². The Morgan fingerprint density at radius 1 is 1.06 bits per heavy atom. The quantitative estimate of drug-likeness (QED) is 0.463.